The van der Waals surface area contributed by atoms with Crippen LogP contribution in [0, 0.1) is 0 Å². The van der Waals surface area contributed by atoms with E-state index < -0.39 is 24.3 Å². The summed E-state index contributed by atoms with van der Waals surface area (Å²) in [5.41, 5.74) is 0. The second-order valence-electron chi connectivity index (χ2n) is 3.31. The fourth-order valence-electron chi connectivity index (χ4n) is 1.65. The van der Waals surface area contributed by atoms with E-state index in [1.54, 1.807) is 0 Å². The van der Waals surface area contributed by atoms with E-state index in [0.717, 1.165) is 0 Å². The van der Waals surface area contributed by atoms with Crippen molar-refractivity contribution in [2.75, 3.05) is 6.54 Å². The van der Waals surface area contributed by atoms with Gasteiger partial charge in [0.05, 0.1) is 0 Å². The van der Waals surface area contributed by atoms with Crippen LogP contribution in [-0.4, -0.2) is 41.8 Å². The number of fused-ring (bicyclic) bond motifs is 1. The molecule has 3 N–H and O–H groups in total. The summed E-state index contributed by atoms with van der Waals surface area (Å²) in [5, 5.41) is 17.7. The van der Waals surface area contributed by atoms with E-state index >= 15 is 0 Å². The monoisotopic (exact) mass is 213 g/mol. The van der Waals surface area contributed by atoms with Crippen molar-refractivity contribution >= 4 is 18.0 Å². The maximum atomic E-state index is 11.3. The summed E-state index contributed by atoms with van der Waals surface area (Å²) in [7, 11) is 0. The standard InChI is InChI=1S/C7H10N4O4/c12-3(13)1-2-11-5-4(9-7(11)15)8-6(14)10-5/h4-5H,1-2H2,(H,9,15)(H,12,13)(H2,8,10,14)/p-1/t4-,5-/m1/s1. The Labute approximate surface area is 84.6 Å². The molecule has 82 valence electrons. The number of carbonyl (C=O) groups is 3. The van der Waals surface area contributed by atoms with Crippen LogP contribution in [0.3, 0.4) is 0 Å². The highest BCUT2D eigenvalue weighted by atomic mass is 16.4. The lowest BCUT2D eigenvalue weighted by atomic mass is 10.3. The average molecular weight is 213 g/mol. The minimum atomic E-state index is -1.23. The zero-order chi connectivity index (χ0) is 11.0. The van der Waals surface area contributed by atoms with E-state index in [9.17, 15) is 19.5 Å². The van der Waals surface area contributed by atoms with Crippen LogP contribution < -0.4 is 21.1 Å². The number of nitrogens with one attached hydrogen (secondary N) is 3. The maximum absolute atomic E-state index is 11.3. The van der Waals surface area contributed by atoms with Crippen molar-refractivity contribution in [3.05, 3.63) is 0 Å². The van der Waals surface area contributed by atoms with E-state index in [0.29, 0.717) is 0 Å². The number of urea groups is 2. The number of hydrogen-bond donors (Lipinski definition) is 3. The van der Waals surface area contributed by atoms with Crippen molar-refractivity contribution in [3.63, 3.8) is 0 Å². The highest BCUT2D eigenvalue weighted by molar-refractivity contribution is 5.85. The summed E-state index contributed by atoms with van der Waals surface area (Å²) in [4.78, 5) is 33.7. The first-order valence-electron chi connectivity index (χ1n) is 4.42. The van der Waals surface area contributed by atoms with Gasteiger partial charge in [-0.25, -0.2) is 9.59 Å². The van der Waals surface area contributed by atoms with Crippen molar-refractivity contribution < 1.29 is 19.5 Å². The van der Waals surface area contributed by atoms with Crippen LogP contribution in [-0.2, 0) is 4.79 Å². The second kappa shape index (κ2) is 3.30. The highest BCUT2D eigenvalue weighted by Crippen LogP contribution is 2.13. The molecular formula is C7H9N4O4-. The molecule has 0 aromatic heterocycles. The number of aliphatic carboxylic acids is 1. The van der Waals surface area contributed by atoms with E-state index in [-0.39, 0.29) is 19.0 Å². The van der Waals surface area contributed by atoms with Gasteiger partial charge in [-0.05, 0) is 0 Å². The van der Waals surface area contributed by atoms with Gasteiger partial charge in [0.15, 0.2) is 0 Å². The van der Waals surface area contributed by atoms with Crippen molar-refractivity contribution in [2.24, 2.45) is 0 Å². The van der Waals surface area contributed by atoms with E-state index in [4.69, 9.17) is 0 Å². The molecule has 8 nitrogen and oxygen atoms in total. The zero-order valence-electron chi connectivity index (χ0n) is 7.65. The molecule has 0 aromatic rings. The van der Waals surface area contributed by atoms with Crippen LogP contribution in [0.2, 0.25) is 0 Å². The third-order valence-electron chi connectivity index (χ3n) is 2.31. The molecule has 2 rings (SSSR count). The first kappa shape index (κ1) is 9.56. The predicted molar refractivity (Wildman–Crippen MR) is 44.1 cm³/mol. The van der Waals surface area contributed by atoms with Gasteiger partial charge in [0.2, 0.25) is 0 Å². The molecule has 0 radical (unpaired) electrons. The van der Waals surface area contributed by atoms with Crippen molar-refractivity contribution in [1.82, 2.24) is 20.9 Å². The molecule has 0 spiro atoms. The average Bonchev–Trinajstić information content (AvgIpc) is 2.57. The number of rotatable bonds is 3. The Bertz CT molecular complexity index is 331. The number of carboxylic acid groups (broad SMARTS) is 1. The molecule has 2 heterocycles. The van der Waals surface area contributed by atoms with Gasteiger partial charge in [0.1, 0.15) is 12.3 Å². The fraction of sp³-hybridized carbons (Fsp3) is 0.571. The van der Waals surface area contributed by atoms with Gasteiger partial charge < -0.3 is 30.8 Å². The molecule has 2 saturated heterocycles. The van der Waals surface area contributed by atoms with Gasteiger partial charge in [-0.15, -0.1) is 0 Å². The van der Waals surface area contributed by atoms with Gasteiger partial charge in [-0.2, -0.15) is 0 Å². The first-order chi connectivity index (χ1) is 7.08. The quantitative estimate of drug-likeness (QED) is 0.467. The fourth-order valence-corrected chi connectivity index (χ4v) is 1.65. The summed E-state index contributed by atoms with van der Waals surface area (Å²) in [6, 6.07) is -0.790. The molecule has 0 aromatic carbocycles. The van der Waals surface area contributed by atoms with E-state index in [1.807, 2.05) is 0 Å². The van der Waals surface area contributed by atoms with Crippen LogP contribution in [0.25, 0.3) is 0 Å². The summed E-state index contributed by atoms with van der Waals surface area (Å²) in [6.45, 7) is 0.0112. The van der Waals surface area contributed by atoms with Crippen molar-refractivity contribution in [2.45, 2.75) is 18.8 Å². The molecule has 8 heteroatoms. The Kier molecular flexibility index (Phi) is 2.10. The zero-order valence-corrected chi connectivity index (χ0v) is 7.65. The Hall–Kier alpha value is -1.99. The van der Waals surface area contributed by atoms with Gasteiger partial charge in [-0.1, -0.05) is 0 Å². The molecule has 0 saturated carbocycles. The summed E-state index contributed by atoms with van der Waals surface area (Å²) in [6.07, 6.45) is -1.27. The lowest BCUT2D eigenvalue weighted by Crippen LogP contribution is -2.45. The van der Waals surface area contributed by atoms with Gasteiger partial charge in [-0.3, -0.25) is 0 Å². The molecule has 0 aliphatic carbocycles. The summed E-state index contributed by atoms with van der Waals surface area (Å²) >= 11 is 0. The highest BCUT2D eigenvalue weighted by Gasteiger charge is 2.44. The van der Waals surface area contributed by atoms with Crippen LogP contribution in [0.5, 0.6) is 0 Å². The normalized spacial score (nSPS) is 28.1. The molecule has 2 fully saturated rings. The first-order valence-corrected chi connectivity index (χ1v) is 4.42. The van der Waals surface area contributed by atoms with Crippen LogP contribution in [0.1, 0.15) is 6.42 Å². The van der Waals surface area contributed by atoms with E-state index in [1.165, 1.54) is 4.90 Å². The molecule has 4 amide bonds. The second-order valence-corrected chi connectivity index (χ2v) is 3.31. The van der Waals surface area contributed by atoms with Crippen molar-refractivity contribution in [3.8, 4) is 0 Å². The minimum Gasteiger partial charge on any atom is -0.550 e. The third-order valence-corrected chi connectivity index (χ3v) is 2.31. The van der Waals surface area contributed by atoms with Gasteiger partial charge >= 0.3 is 12.1 Å². The number of nitrogens with zero attached hydrogens (tertiary/aromatic N) is 1. The number of carbonyl (C=O) groups excluding carboxylic acids is 3. The molecule has 15 heavy (non-hydrogen) atoms. The largest absolute Gasteiger partial charge is 0.550 e. The summed E-state index contributed by atoms with van der Waals surface area (Å²) in [5.74, 6) is -1.23. The van der Waals surface area contributed by atoms with E-state index in [2.05, 4.69) is 16.0 Å². The van der Waals surface area contributed by atoms with Crippen LogP contribution in [0.15, 0.2) is 0 Å². The Morgan fingerprint density at radius 3 is 2.73 bits per heavy atom. The lowest BCUT2D eigenvalue weighted by molar-refractivity contribution is -0.305. The minimum absolute atomic E-state index is 0.0112. The van der Waals surface area contributed by atoms with Gasteiger partial charge in [0.25, 0.3) is 0 Å². The molecule has 0 bridgehead atoms. The number of amides is 4. The van der Waals surface area contributed by atoms with Crippen molar-refractivity contribution in [1.29, 1.82) is 0 Å². The third kappa shape index (κ3) is 1.65. The SMILES string of the molecule is O=C([O-])CCN1C(=O)N[C@H]2NC(=O)N[C@@H]21. The predicted octanol–water partition coefficient (Wildman–Crippen LogP) is -2.88. The molecule has 0 unspecified atom stereocenters. The Balaban J connectivity index is 2.00. The van der Waals surface area contributed by atoms with Crippen LogP contribution in [0.4, 0.5) is 9.59 Å². The molecule has 2 aliphatic heterocycles. The number of hydrogen-bond acceptors (Lipinski definition) is 4. The smallest absolute Gasteiger partial charge is 0.320 e. The molecular weight excluding hydrogens is 204 g/mol. The Morgan fingerprint density at radius 1 is 1.33 bits per heavy atom. The number of carboxylic acids is 1. The van der Waals surface area contributed by atoms with Gasteiger partial charge in [0, 0.05) is 18.9 Å². The lowest BCUT2D eigenvalue weighted by Gasteiger charge is -2.20. The maximum Gasteiger partial charge on any atom is 0.320 e. The Morgan fingerprint density at radius 2 is 2.07 bits per heavy atom. The topological polar surface area (TPSA) is 114 Å². The molecule has 2 aliphatic rings. The van der Waals surface area contributed by atoms with Crippen LogP contribution >= 0.6 is 0 Å². The summed E-state index contributed by atoms with van der Waals surface area (Å²) < 4.78 is 0. The molecule has 2 atom stereocenters.